The molecule has 3 aromatic heterocycles. The average Bonchev–Trinajstić information content (AvgIpc) is 3.59. The van der Waals surface area contributed by atoms with Crippen LogP contribution in [0.1, 0.15) is 105 Å². The van der Waals surface area contributed by atoms with Gasteiger partial charge in [0.1, 0.15) is 0 Å². The Morgan fingerprint density at radius 2 is 1.15 bits per heavy atom. The van der Waals surface area contributed by atoms with Gasteiger partial charge in [-0.1, -0.05) is 68.1 Å². The fourth-order valence-corrected chi connectivity index (χ4v) is 6.53. The van der Waals surface area contributed by atoms with Gasteiger partial charge in [-0.2, -0.15) is 0 Å². The minimum absolute atomic E-state index is 0. The van der Waals surface area contributed by atoms with Gasteiger partial charge in [-0.25, -0.2) is 9.97 Å². The van der Waals surface area contributed by atoms with Crippen molar-refractivity contribution in [2.75, 3.05) is 14.1 Å². The summed E-state index contributed by atoms with van der Waals surface area (Å²) in [7, 11) is 4.25. The number of fused-ring (bicyclic) bond motifs is 8. The molecule has 0 aromatic carbocycles. The maximum atomic E-state index is 5.33. The van der Waals surface area contributed by atoms with E-state index in [1.165, 1.54) is 50.1 Å². The van der Waals surface area contributed by atoms with E-state index in [1.54, 1.807) is 0 Å². The van der Waals surface area contributed by atoms with Gasteiger partial charge in [-0.3, -0.25) is 0 Å². The summed E-state index contributed by atoms with van der Waals surface area (Å²) in [5.74, 6) is 0. The quantitative estimate of drug-likeness (QED) is 0.271. The second-order valence-corrected chi connectivity index (χ2v) is 11.4. The zero-order valence-corrected chi connectivity index (χ0v) is 27.3. The Morgan fingerprint density at radius 3 is 1.73 bits per heavy atom. The van der Waals surface area contributed by atoms with Crippen molar-refractivity contribution in [1.29, 1.82) is 0 Å². The van der Waals surface area contributed by atoms with E-state index in [1.807, 2.05) is 0 Å². The molecule has 0 unspecified atom stereocenters. The summed E-state index contributed by atoms with van der Waals surface area (Å²) in [4.78, 5) is 23.2. The molecule has 0 radical (unpaired) electrons. The minimum Gasteiger partial charge on any atom is -0.657 e. The third kappa shape index (κ3) is 5.26. The van der Waals surface area contributed by atoms with Crippen LogP contribution in [0.2, 0.25) is 0 Å². The van der Waals surface area contributed by atoms with Gasteiger partial charge in [0.25, 0.3) is 0 Å². The van der Waals surface area contributed by atoms with E-state index in [2.05, 4.69) is 92.6 Å². The molecule has 0 saturated heterocycles. The molecule has 41 heavy (non-hydrogen) atoms. The van der Waals surface area contributed by atoms with Gasteiger partial charge in [-0.15, -0.1) is 22.1 Å². The Hall–Kier alpha value is -2.95. The normalized spacial score (nSPS) is 13.4. The summed E-state index contributed by atoms with van der Waals surface area (Å²) in [6.45, 7) is 18.5. The summed E-state index contributed by atoms with van der Waals surface area (Å²) in [6.07, 6.45) is 3.70. The smallest absolute Gasteiger partial charge is 0.657 e. The van der Waals surface area contributed by atoms with Crippen LogP contribution in [0, 0.1) is 13.8 Å². The third-order valence-electron chi connectivity index (χ3n) is 8.76. The number of nitrogens with zero attached hydrogens (tertiary/aromatic N) is 5. The van der Waals surface area contributed by atoms with Crippen LogP contribution in [0.15, 0.2) is 18.2 Å². The number of hydrogen-bond donors (Lipinski definition) is 0. The van der Waals surface area contributed by atoms with Gasteiger partial charge in [0, 0.05) is 6.54 Å². The van der Waals surface area contributed by atoms with E-state index in [4.69, 9.17) is 19.9 Å². The van der Waals surface area contributed by atoms with E-state index >= 15 is 0 Å². The molecule has 5 heterocycles. The Labute approximate surface area is 255 Å². The van der Waals surface area contributed by atoms with E-state index in [9.17, 15) is 0 Å². The van der Waals surface area contributed by atoms with Crippen LogP contribution in [-0.2, 0) is 35.9 Å². The number of hydrogen-bond acceptors (Lipinski definition) is 3. The average molecular weight is 592 g/mol. The van der Waals surface area contributed by atoms with Crippen molar-refractivity contribution in [3.63, 3.8) is 0 Å². The molecule has 0 amide bonds. The molecule has 2 aliphatic rings. The number of aryl methyl sites for hydroxylation is 4. The molecule has 5 rings (SSSR count). The minimum atomic E-state index is 0. The molecule has 0 N–H and O–H groups in total. The number of rotatable bonds is 6. The summed E-state index contributed by atoms with van der Waals surface area (Å²) < 4.78 is 0. The largest absolute Gasteiger partial charge is 2.00 e. The first kappa shape index (κ1) is 31.0. The van der Waals surface area contributed by atoms with Crippen molar-refractivity contribution in [3.8, 4) is 0 Å². The number of allylic oxidation sites excluding steroid dienone is 4. The molecule has 6 heteroatoms. The predicted octanol–water partition coefficient (Wildman–Crippen LogP) is 8.06. The maximum absolute atomic E-state index is 5.33. The first-order chi connectivity index (χ1) is 19.1. The van der Waals surface area contributed by atoms with Crippen LogP contribution >= 0.6 is 0 Å². The molecule has 0 spiro atoms. The molecule has 2 aliphatic heterocycles. The topological polar surface area (TPSA) is 57.2 Å². The van der Waals surface area contributed by atoms with Crippen LogP contribution in [0.4, 0.5) is 0 Å². The van der Waals surface area contributed by atoms with E-state index < -0.39 is 0 Å². The SMILES string of the molecule is CCC1=C(C)c2cc3[n-]c(c(C)c3CC)c(CN(C)C)c3nc(cc4[n-]c(cc1n2)c(C)c4CC)C(C)=C3CC.[Ni+2]. The van der Waals surface area contributed by atoms with Crippen molar-refractivity contribution >= 4 is 44.4 Å². The monoisotopic (exact) mass is 591 g/mol. The number of aromatic nitrogens is 4. The second-order valence-electron chi connectivity index (χ2n) is 11.4. The molecule has 0 atom stereocenters. The molecule has 3 aromatic rings. The molecule has 0 saturated carbocycles. The molecule has 218 valence electrons. The predicted molar refractivity (Wildman–Crippen MR) is 170 cm³/mol. The summed E-state index contributed by atoms with van der Waals surface area (Å²) in [6, 6.07) is 6.60. The van der Waals surface area contributed by atoms with E-state index in [0.29, 0.717) is 0 Å². The third-order valence-corrected chi connectivity index (χ3v) is 8.76. The zero-order chi connectivity index (χ0) is 28.9. The van der Waals surface area contributed by atoms with Gasteiger partial charge < -0.3 is 14.9 Å². The van der Waals surface area contributed by atoms with Crippen LogP contribution in [-0.4, -0.2) is 29.0 Å². The van der Waals surface area contributed by atoms with Crippen LogP contribution in [0.3, 0.4) is 0 Å². The Bertz CT molecular complexity index is 1730. The fourth-order valence-electron chi connectivity index (χ4n) is 6.53. The first-order valence-electron chi connectivity index (χ1n) is 14.8. The standard InChI is InChI=1S/C35H43N5.Ni/c1-11-23-20(6)29-16-33-25(13-3)22(8)34(39-33)27(18-40(9)10)35-26(14-4)21(7)30(38-35)17-32-24(12-2)19(5)28(36-32)15-31(23)37-29;/h15-17H,11-14,18H2,1-10H3;/q-2;+2. The van der Waals surface area contributed by atoms with Crippen molar-refractivity contribution < 1.29 is 16.5 Å². The van der Waals surface area contributed by atoms with Gasteiger partial charge in [0.2, 0.25) is 0 Å². The Kier molecular flexibility index (Phi) is 9.16. The van der Waals surface area contributed by atoms with Gasteiger partial charge in [0.15, 0.2) is 0 Å². The van der Waals surface area contributed by atoms with Gasteiger partial charge in [0.05, 0.1) is 22.8 Å². The van der Waals surface area contributed by atoms with Crippen molar-refractivity contribution in [2.24, 2.45) is 0 Å². The summed E-state index contributed by atoms with van der Waals surface area (Å²) in [5, 5.41) is 0. The Balaban J connectivity index is 0.00000387. The van der Waals surface area contributed by atoms with Crippen LogP contribution in [0.25, 0.3) is 44.4 Å². The van der Waals surface area contributed by atoms with Crippen LogP contribution in [0.5, 0.6) is 0 Å². The van der Waals surface area contributed by atoms with Crippen molar-refractivity contribution in [1.82, 2.24) is 24.8 Å². The van der Waals surface area contributed by atoms with Crippen molar-refractivity contribution in [3.05, 3.63) is 68.8 Å². The van der Waals surface area contributed by atoms with E-state index in [0.717, 1.165) is 77.1 Å². The molecule has 8 bridgehead atoms. The molecular weight excluding hydrogens is 549 g/mol. The Morgan fingerprint density at radius 1 is 0.610 bits per heavy atom. The second kappa shape index (κ2) is 12.1. The summed E-state index contributed by atoms with van der Waals surface area (Å²) in [5.41, 5.74) is 19.6. The first-order valence-corrected chi connectivity index (χ1v) is 14.8. The van der Waals surface area contributed by atoms with Crippen molar-refractivity contribution in [2.45, 2.75) is 87.6 Å². The molecule has 0 aliphatic carbocycles. The zero-order valence-electron chi connectivity index (χ0n) is 26.3. The summed E-state index contributed by atoms with van der Waals surface area (Å²) >= 11 is 0. The molecular formula is C35H43N5Ni. The van der Waals surface area contributed by atoms with Gasteiger partial charge in [-0.05, 0) is 95.3 Å². The fraction of sp³-hybridized carbons (Fsp3) is 0.429. The van der Waals surface area contributed by atoms with Crippen LogP contribution < -0.4 is 9.97 Å². The van der Waals surface area contributed by atoms with E-state index in [-0.39, 0.29) is 16.5 Å². The molecule has 0 fully saturated rings. The maximum Gasteiger partial charge on any atom is 2.00 e. The molecule has 5 nitrogen and oxygen atoms in total. The van der Waals surface area contributed by atoms with Gasteiger partial charge >= 0.3 is 16.5 Å².